The highest BCUT2D eigenvalue weighted by Gasteiger charge is 2.23. The van der Waals surface area contributed by atoms with Gasteiger partial charge in [0.25, 0.3) is 0 Å². The molecule has 2 nitrogen and oxygen atoms in total. The molecule has 0 unspecified atom stereocenters. The van der Waals surface area contributed by atoms with Gasteiger partial charge in [-0.15, -0.1) is 0 Å². The third-order valence-electron chi connectivity index (χ3n) is 6.55. The molecule has 1 aliphatic heterocycles. The fourth-order valence-corrected chi connectivity index (χ4v) is 5.25. The Morgan fingerprint density at radius 3 is 2.53 bits per heavy atom. The van der Waals surface area contributed by atoms with Crippen molar-refractivity contribution >= 4 is 39.4 Å². The van der Waals surface area contributed by atoms with Crippen molar-refractivity contribution in [2.45, 2.75) is 32.1 Å². The predicted molar refractivity (Wildman–Crippen MR) is 138 cm³/mol. The van der Waals surface area contributed by atoms with Gasteiger partial charge in [-0.25, -0.2) is 0 Å². The molecular weight excluding hydrogens is 412 g/mol. The summed E-state index contributed by atoms with van der Waals surface area (Å²) in [6.07, 6.45) is 8.90. The number of aryl methyl sites for hydroxylation is 2. The van der Waals surface area contributed by atoms with E-state index < -0.39 is 0 Å². The molecule has 1 atom stereocenters. The van der Waals surface area contributed by atoms with Gasteiger partial charge in [0.15, 0.2) is 0 Å². The van der Waals surface area contributed by atoms with Crippen LogP contribution in [-0.4, -0.2) is 12.8 Å². The van der Waals surface area contributed by atoms with Gasteiger partial charge in [0, 0.05) is 30.2 Å². The van der Waals surface area contributed by atoms with Crippen LogP contribution < -0.4 is 5.32 Å². The zero-order valence-corrected chi connectivity index (χ0v) is 19.1. The van der Waals surface area contributed by atoms with Gasteiger partial charge in [-0.3, -0.25) is 4.99 Å². The molecule has 0 spiro atoms. The number of halogens is 1. The maximum atomic E-state index is 6.20. The molecule has 0 amide bonds. The zero-order valence-electron chi connectivity index (χ0n) is 18.3. The van der Waals surface area contributed by atoms with Crippen molar-refractivity contribution in [1.82, 2.24) is 5.32 Å². The minimum absolute atomic E-state index is 0.639. The van der Waals surface area contributed by atoms with Crippen molar-refractivity contribution in [3.63, 3.8) is 0 Å². The van der Waals surface area contributed by atoms with E-state index in [1.165, 1.54) is 44.7 Å². The smallest absolute Gasteiger partial charge is 0.0498 e. The lowest BCUT2D eigenvalue weighted by atomic mass is 9.77. The number of aliphatic imine (C=N–C) groups is 1. The number of hydrogen-bond acceptors (Lipinski definition) is 2. The third-order valence-corrected chi connectivity index (χ3v) is 6.79. The van der Waals surface area contributed by atoms with Crippen LogP contribution in [-0.2, 0) is 12.8 Å². The first-order valence-electron chi connectivity index (χ1n) is 11.3. The van der Waals surface area contributed by atoms with Crippen molar-refractivity contribution in [3.05, 3.63) is 106 Å². The molecule has 4 aromatic rings. The summed E-state index contributed by atoms with van der Waals surface area (Å²) in [4.78, 5) is 3.81. The van der Waals surface area contributed by atoms with Gasteiger partial charge < -0.3 is 5.32 Å². The summed E-state index contributed by atoms with van der Waals surface area (Å²) in [5.41, 5.74) is 5.93. The van der Waals surface area contributed by atoms with Crippen LogP contribution >= 0.6 is 11.6 Å². The molecule has 32 heavy (non-hydrogen) atoms. The highest BCUT2D eigenvalue weighted by molar-refractivity contribution is 6.31. The van der Waals surface area contributed by atoms with Crippen LogP contribution in [0.15, 0.2) is 84.1 Å². The van der Waals surface area contributed by atoms with Crippen LogP contribution in [0.4, 0.5) is 0 Å². The van der Waals surface area contributed by atoms with E-state index in [1.54, 1.807) is 11.8 Å². The highest BCUT2D eigenvalue weighted by Crippen LogP contribution is 2.39. The second-order valence-electron chi connectivity index (χ2n) is 8.59. The van der Waals surface area contributed by atoms with Gasteiger partial charge in [0.1, 0.15) is 0 Å². The van der Waals surface area contributed by atoms with Crippen LogP contribution in [0, 0.1) is 6.92 Å². The third kappa shape index (κ3) is 4.16. The summed E-state index contributed by atoms with van der Waals surface area (Å²) < 4.78 is 0. The van der Waals surface area contributed by atoms with Crippen molar-refractivity contribution < 1.29 is 0 Å². The highest BCUT2D eigenvalue weighted by atomic mass is 35.5. The number of nitrogens with zero attached hydrogens (tertiary/aromatic N) is 1. The van der Waals surface area contributed by atoms with E-state index in [-0.39, 0.29) is 0 Å². The second kappa shape index (κ2) is 9.18. The second-order valence-corrected chi connectivity index (χ2v) is 9.03. The number of nitrogens with one attached hydrogen (secondary N) is 1. The summed E-state index contributed by atoms with van der Waals surface area (Å²) in [7, 11) is 0. The molecule has 1 aliphatic carbocycles. The Bertz CT molecular complexity index is 1310. The van der Waals surface area contributed by atoms with E-state index in [0.29, 0.717) is 5.92 Å². The molecule has 0 saturated carbocycles. The summed E-state index contributed by atoms with van der Waals surface area (Å²) in [6.45, 7) is 3.12. The molecule has 4 aromatic carbocycles. The van der Waals surface area contributed by atoms with Crippen LogP contribution in [0.3, 0.4) is 0 Å². The van der Waals surface area contributed by atoms with E-state index in [9.17, 15) is 0 Å². The van der Waals surface area contributed by atoms with Crippen LogP contribution in [0.25, 0.3) is 21.5 Å². The summed E-state index contributed by atoms with van der Waals surface area (Å²) in [6, 6.07) is 24.2. The molecule has 160 valence electrons. The molecule has 0 radical (unpaired) electrons. The Morgan fingerprint density at radius 2 is 1.81 bits per heavy atom. The first kappa shape index (κ1) is 20.8. The van der Waals surface area contributed by atoms with Gasteiger partial charge in [-0.1, -0.05) is 66.2 Å². The standard InChI is InChI=1S/C25H21Cl.C4H6N2/c1-16-13-20-14-18(17-5-3-2-4-6-17)7-10-22(20)24-11-8-19-15-21(26)9-12-23(19)25(16)24;1-2-6-4-3-5-1/h2-6,8-9,11-13,15,18H,7,10,14H2,1H3;1-3,6H,4H2/t18-;/m1./s1. The minimum atomic E-state index is 0.639. The molecule has 6 rings (SSSR count). The Hall–Kier alpha value is -3.10. The van der Waals surface area contributed by atoms with Gasteiger partial charge in [0.2, 0.25) is 0 Å². The summed E-state index contributed by atoms with van der Waals surface area (Å²) in [5, 5.41) is 9.13. The van der Waals surface area contributed by atoms with Crippen molar-refractivity contribution in [1.29, 1.82) is 0 Å². The van der Waals surface area contributed by atoms with Crippen molar-refractivity contribution in [2.24, 2.45) is 4.99 Å². The SMILES string of the molecule is C1=CNCC=N1.Cc1cc2c(c3ccc4cc(Cl)ccc4c13)CC[C@@H](c1ccccc1)C2. The molecule has 0 bridgehead atoms. The fraction of sp³-hybridized carbons (Fsp3) is 0.207. The Morgan fingerprint density at radius 1 is 0.969 bits per heavy atom. The lowest BCUT2D eigenvalue weighted by Crippen LogP contribution is -2.13. The summed E-state index contributed by atoms with van der Waals surface area (Å²) in [5.74, 6) is 0.639. The van der Waals surface area contributed by atoms with Gasteiger partial charge >= 0.3 is 0 Å². The molecule has 3 heteroatoms. The Labute approximate surface area is 194 Å². The fourth-order valence-electron chi connectivity index (χ4n) is 5.07. The molecule has 0 saturated heterocycles. The molecular formula is C29H27ClN2. The van der Waals surface area contributed by atoms with Crippen LogP contribution in [0.2, 0.25) is 5.02 Å². The largest absolute Gasteiger partial charge is 0.385 e. The maximum absolute atomic E-state index is 6.20. The average molecular weight is 439 g/mol. The number of rotatable bonds is 1. The minimum Gasteiger partial charge on any atom is -0.385 e. The first-order chi connectivity index (χ1) is 15.7. The Kier molecular flexibility index (Phi) is 5.96. The van der Waals surface area contributed by atoms with Crippen molar-refractivity contribution in [2.75, 3.05) is 6.54 Å². The van der Waals surface area contributed by atoms with E-state index in [4.69, 9.17) is 11.6 Å². The lowest BCUT2D eigenvalue weighted by Gasteiger charge is -2.27. The Balaban J connectivity index is 0.000000314. The van der Waals surface area contributed by atoms with E-state index in [1.807, 2.05) is 18.5 Å². The number of benzene rings is 4. The zero-order chi connectivity index (χ0) is 21.9. The molecule has 0 aromatic heterocycles. The molecule has 1 heterocycles. The monoisotopic (exact) mass is 438 g/mol. The number of fused-ring (bicyclic) bond motifs is 5. The molecule has 0 fully saturated rings. The lowest BCUT2D eigenvalue weighted by molar-refractivity contribution is 0.587. The van der Waals surface area contributed by atoms with E-state index in [2.05, 4.69) is 77.9 Å². The average Bonchev–Trinajstić information content (AvgIpc) is 2.85. The summed E-state index contributed by atoms with van der Waals surface area (Å²) >= 11 is 6.20. The number of hydrogen-bond donors (Lipinski definition) is 1. The van der Waals surface area contributed by atoms with Crippen molar-refractivity contribution in [3.8, 4) is 0 Å². The molecule has 1 N–H and O–H groups in total. The topological polar surface area (TPSA) is 24.4 Å². The molecule has 2 aliphatic rings. The van der Waals surface area contributed by atoms with Crippen LogP contribution in [0.1, 0.15) is 34.6 Å². The van der Waals surface area contributed by atoms with E-state index >= 15 is 0 Å². The maximum Gasteiger partial charge on any atom is 0.0498 e. The van der Waals surface area contributed by atoms with Gasteiger partial charge in [-0.2, -0.15) is 0 Å². The van der Waals surface area contributed by atoms with E-state index in [0.717, 1.165) is 24.4 Å². The first-order valence-corrected chi connectivity index (χ1v) is 11.7. The van der Waals surface area contributed by atoms with Gasteiger partial charge in [-0.05, 0) is 88.0 Å². The predicted octanol–water partition coefficient (Wildman–Crippen LogP) is 7.36. The van der Waals surface area contributed by atoms with Gasteiger partial charge in [0.05, 0.1) is 0 Å². The quantitative estimate of drug-likeness (QED) is 0.308. The normalized spacial score (nSPS) is 16.9. The van der Waals surface area contributed by atoms with Crippen LogP contribution in [0.5, 0.6) is 0 Å².